The molecule has 2 aromatic rings. The summed E-state index contributed by atoms with van der Waals surface area (Å²) in [6, 6.07) is 1.60. The Hall–Kier alpha value is -2.57. The number of carbonyl (C=O) groups is 1. The van der Waals surface area contributed by atoms with E-state index in [4.69, 9.17) is 5.73 Å². The summed E-state index contributed by atoms with van der Waals surface area (Å²) in [5.74, 6) is 0.828. The zero-order chi connectivity index (χ0) is 15.0. The molecule has 1 amide bonds. The first kappa shape index (κ1) is 13.4. The fourth-order valence-electron chi connectivity index (χ4n) is 2.54. The van der Waals surface area contributed by atoms with Crippen LogP contribution in [0.2, 0.25) is 0 Å². The second-order valence-corrected chi connectivity index (χ2v) is 4.96. The highest BCUT2D eigenvalue weighted by atomic mass is 16.2. The van der Waals surface area contributed by atoms with Gasteiger partial charge < -0.3 is 5.73 Å². The summed E-state index contributed by atoms with van der Waals surface area (Å²) in [7, 11) is 0. The Morgan fingerprint density at radius 1 is 1.43 bits per heavy atom. The van der Waals surface area contributed by atoms with Crippen molar-refractivity contribution in [3.8, 4) is 11.4 Å². The molecular formula is C14H14N5O2. The lowest BCUT2D eigenvalue weighted by Crippen LogP contribution is -2.36. The fraction of sp³-hybridized carbons (Fsp3) is 0.286. The summed E-state index contributed by atoms with van der Waals surface area (Å²) < 4.78 is 1.52. The quantitative estimate of drug-likeness (QED) is 0.866. The van der Waals surface area contributed by atoms with Gasteiger partial charge in [0.2, 0.25) is 0 Å². The molecule has 0 bridgehead atoms. The minimum atomic E-state index is -0.792. The Morgan fingerprint density at radius 3 is 2.90 bits per heavy atom. The van der Waals surface area contributed by atoms with Crippen LogP contribution in [0.5, 0.6) is 0 Å². The van der Waals surface area contributed by atoms with E-state index in [0.29, 0.717) is 18.1 Å². The molecule has 0 fully saturated rings. The summed E-state index contributed by atoms with van der Waals surface area (Å²) in [6.45, 7) is 2.48. The van der Waals surface area contributed by atoms with E-state index in [1.54, 1.807) is 6.07 Å². The third-order valence-corrected chi connectivity index (χ3v) is 3.56. The van der Waals surface area contributed by atoms with E-state index in [-0.39, 0.29) is 11.3 Å². The number of nitrogens with zero attached hydrogens (tertiary/aromatic N) is 4. The van der Waals surface area contributed by atoms with E-state index in [1.807, 2.05) is 6.92 Å². The van der Waals surface area contributed by atoms with E-state index < -0.39 is 11.5 Å². The van der Waals surface area contributed by atoms with Gasteiger partial charge >= 0.3 is 0 Å². The molecule has 1 aliphatic rings. The molecule has 0 spiro atoms. The minimum absolute atomic E-state index is 0.118. The summed E-state index contributed by atoms with van der Waals surface area (Å²) in [6.07, 6.45) is 4.61. The number of fused-ring (bicyclic) bond motifs is 1. The number of rotatable bonds is 2. The molecule has 107 valence electrons. The molecular weight excluding hydrogens is 270 g/mol. The van der Waals surface area contributed by atoms with Crippen molar-refractivity contribution in [3.63, 3.8) is 0 Å². The number of carbonyl (C=O) groups excluding carboxylic acids is 1. The molecule has 1 aliphatic heterocycles. The van der Waals surface area contributed by atoms with E-state index in [2.05, 4.69) is 15.0 Å². The lowest BCUT2D eigenvalue weighted by Gasteiger charge is -2.23. The van der Waals surface area contributed by atoms with Crippen molar-refractivity contribution in [2.75, 3.05) is 0 Å². The standard InChI is InChI=1S/C14H14N5O2/c1-8-3-2-6-19-13(8)18-11(9-4-5-16-7-17-9)10(12(15)20)14(19)21/h4-5,7H,2-3,6H2,1H3,(H2,15,20). The molecule has 2 aromatic heterocycles. The third-order valence-electron chi connectivity index (χ3n) is 3.56. The Bertz CT molecular complexity index is 754. The van der Waals surface area contributed by atoms with Crippen LogP contribution in [-0.4, -0.2) is 25.4 Å². The highest BCUT2D eigenvalue weighted by molar-refractivity contribution is 5.98. The van der Waals surface area contributed by atoms with Gasteiger partial charge in [-0.05, 0) is 18.9 Å². The van der Waals surface area contributed by atoms with Crippen LogP contribution in [-0.2, 0) is 6.54 Å². The van der Waals surface area contributed by atoms with Gasteiger partial charge in [0.15, 0.2) is 0 Å². The molecule has 0 saturated heterocycles. The van der Waals surface area contributed by atoms with E-state index >= 15 is 0 Å². The smallest absolute Gasteiger partial charge is 0.267 e. The number of hydrogen-bond acceptors (Lipinski definition) is 5. The van der Waals surface area contributed by atoms with Gasteiger partial charge in [0, 0.05) is 18.7 Å². The third kappa shape index (κ3) is 2.20. The Kier molecular flexibility index (Phi) is 3.25. The zero-order valence-corrected chi connectivity index (χ0v) is 11.5. The van der Waals surface area contributed by atoms with Gasteiger partial charge in [-0.3, -0.25) is 14.2 Å². The maximum atomic E-state index is 12.6. The molecule has 1 radical (unpaired) electrons. The number of aromatic nitrogens is 4. The molecule has 2 N–H and O–H groups in total. The van der Waals surface area contributed by atoms with Crippen molar-refractivity contribution < 1.29 is 4.79 Å². The molecule has 0 aromatic carbocycles. The van der Waals surface area contributed by atoms with Crippen LogP contribution in [0.25, 0.3) is 11.4 Å². The first-order chi connectivity index (χ1) is 10.1. The molecule has 7 heteroatoms. The fourth-order valence-corrected chi connectivity index (χ4v) is 2.54. The average Bonchev–Trinajstić information content (AvgIpc) is 2.48. The predicted molar refractivity (Wildman–Crippen MR) is 75.3 cm³/mol. The summed E-state index contributed by atoms with van der Waals surface area (Å²) in [5, 5.41) is 0. The van der Waals surface area contributed by atoms with Gasteiger partial charge in [0.1, 0.15) is 23.4 Å². The van der Waals surface area contributed by atoms with Crippen LogP contribution < -0.4 is 11.3 Å². The Morgan fingerprint density at radius 2 is 2.24 bits per heavy atom. The topological polar surface area (TPSA) is 104 Å². The van der Waals surface area contributed by atoms with Crippen LogP contribution >= 0.6 is 0 Å². The lowest BCUT2D eigenvalue weighted by molar-refractivity contribution is 0.0998. The zero-order valence-electron chi connectivity index (χ0n) is 11.5. The number of nitrogens with two attached hydrogens (primary N) is 1. The summed E-state index contributed by atoms with van der Waals surface area (Å²) in [4.78, 5) is 36.6. The monoisotopic (exact) mass is 284 g/mol. The molecule has 0 atom stereocenters. The van der Waals surface area contributed by atoms with Crippen molar-refractivity contribution in [3.05, 3.63) is 46.3 Å². The first-order valence-electron chi connectivity index (χ1n) is 6.63. The van der Waals surface area contributed by atoms with E-state index in [9.17, 15) is 9.59 Å². The van der Waals surface area contributed by atoms with Crippen LogP contribution in [0.4, 0.5) is 0 Å². The minimum Gasteiger partial charge on any atom is -0.365 e. The molecule has 0 unspecified atom stereocenters. The average molecular weight is 284 g/mol. The molecule has 0 aliphatic carbocycles. The lowest BCUT2D eigenvalue weighted by atomic mass is 9.99. The number of hydrogen-bond donors (Lipinski definition) is 1. The summed E-state index contributed by atoms with van der Waals surface area (Å²) >= 11 is 0. The molecule has 0 saturated carbocycles. The van der Waals surface area contributed by atoms with Gasteiger partial charge in [-0.25, -0.2) is 15.0 Å². The first-order valence-corrected chi connectivity index (χ1v) is 6.63. The normalized spacial score (nSPS) is 14.7. The van der Waals surface area contributed by atoms with Crippen molar-refractivity contribution in [1.82, 2.24) is 19.5 Å². The molecule has 7 nitrogen and oxygen atoms in total. The van der Waals surface area contributed by atoms with Gasteiger partial charge in [-0.1, -0.05) is 6.92 Å². The van der Waals surface area contributed by atoms with Crippen LogP contribution in [0.15, 0.2) is 23.4 Å². The Labute approximate surface area is 120 Å². The van der Waals surface area contributed by atoms with Crippen molar-refractivity contribution in [2.45, 2.75) is 26.3 Å². The van der Waals surface area contributed by atoms with Gasteiger partial charge in [0.25, 0.3) is 11.5 Å². The van der Waals surface area contributed by atoms with E-state index in [1.165, 1.54) is 17.1 Å². The molecule has 3 rings (SSSR count). The van der Waals surface area contributed by atoms with Crippen molar-refractivity contribution >= 4 is 5.91 Å². The van der Waals surface area contributed by atoms with Crippen LogP contribution in [0, 0.1) is 5.92 Å². The number of amides is 1. The largest absolute Gasteiger partial charge is 0.365 e. The summed E-state index contributed by atoms with van der Waals surface area (Å²) in [5.41, 5.74) is 5.50. The Balaban J connectivity index is 2.33. The van der Waals surface area contributed by atoms with Crippen LogP contribution in [0.1, 0.15) is 35.9 Å². The number of primary amides is 1. The van der Waals surface area contributed by atoms with Gasteiger partial charge in [0.05, 0.1) is 5.69 Å². The maximum Gasteiger partial charge on any atom is 0.267 e. The SMILES string of the molecule is C[C]1CCCn2c1nc(-c1ccncn1)c(C(N)=O)c2=O. The second-order valence-electron chi connectivity index (χ2n) is 4.96. The van der Waals surface area contributed by atoms with E-state index in [0.717, 1.165) is 18.8 Å². The van der Waals surface area contributed by atoms with Gasteiger partial charge in [-0.15, -0.1) is 0 Å². The van der Waals surface area contributed by atoms with Crippen molar-refractivity contribution in [1.29, 1.82) is 0 Å². The molecule has 21 heavy (non-hydrogen) atoms. The highest BCUT2D eigenvalue weighted by Gasteiger charge is 2.26. The van der Waals surface area contributed by atoms with Crippen molar-refractivity contribution in [2.24, 2.45) is 5.73 Å². The maximum absolute atomic E-state index is 12.6. The predicted octanol–water partition coefficient (Wildman–Crippen LogP) is 0.535. The molecule has 3 heterocycles. The van der Waals surface area contributed by atoms with Crippen LogP contribution in [0.3, 0.4) is 0 Å². The highest BCUT2D eigenvalue weighted by Crippen LogP contribution is 2.26. The second kappa shape index (κ2) is 5.08. The van der Waals surface area contributed by atoms with Gasteiger partial charge in [-0.2, -0.15) is 0 Å².